The number of hydrogen-bond acceptors (Lipinski definition) is 4. The number of hydrogen-bond donors (Lipinski definition) is 3. The summed E-state index contributed by atoms with van der Waals surface area (Å²) in [5.74, 6) is 0.870. The predicted molar refractivity (Wildman–Crippen MR) is 99.5 cm³/mol. The SMILES string of the molecule is CN=C(NCC(=O)Nc1ccccc1)NCc1nc(C(C)C)cs1. The van der Waals surface area contributed by atoms with E-state index in [1.807, 2.05) is 30.3 Å². The highest BCUT2D eigenvalue weighted by Gasteiger charge is 2.07. The molecule has 1 aromatic carbocycles. The summed E-state index contributed by atoms with van der Waals surface area (Å²) in [5.41, 5.74) is 1.87. The van der Waals surface area contributed by atoms with Crippen LogP contribution in [0.15, 0.2) is 40.7 Å². The van der Waals surface area contributed by atoms with Crippen LogP contribution in [0.3, 0.4) is 0 Å². The van der Waals surface area contributed by atoms with Gasteiger partial charge in [-0.1, -0.05) is 32.0 Å². The standard InChI is InChI=1S/C17H23N5OS/c1-12(2)14-11-24-16(22-14)10-20-17(18-3)19-9-15(23)21-13-7-5-4-6-8-13/h4-8,11-12H,9-10H2,1-3H3,(H,21,23)(H2,18,19,20). The molecule has 6 nitrogen and oxygen atoms in total. The number of nitrogens with one attached hydrogen (secondary N) is 3. The Kier molecular flexibility index (Phi) is 6.74. The number of aromatic nitrogens is 1. The normalized spacial score (nSPS) is 11.4. The highest BCUT2D eigenvalue weighted by molar-refractivity contribution is 7.09. The van der Waals surface area contributed by atoms with E-state index in [4.69, 9.17) is 0 Å². The number of benzene rings is 1. The van der Waals surface area contributed by atoms with E-state index in [-0.39, 0.29) is 12.5 Å². The second kappa shape index (κ2) is 9.02. The maximum absolute atomic E-state index is 11.9. The molecule has 24 heavy (non-hydrogen) atoms. The van der Waals surface area contributed by atoms with Crippen LogP contribution in [0.25, 0.3) is 0 Å². The Hall–Kier alpha value is -2.41. The van der Waals surface area contributed by atoms with Gasteiger partial charge in [0, 0.05) is 18.1 Å². The van der Waals surface area contributed by atoms with Crippen LogP contribution in [0, 0.1) is 0 Å². The molecule has 0 aliphatic heterocycles. The van der Waals surface area contributed by atoms with Gasteiger partial charge in [-0.05, 0) is 18.1 Å². The molecule has 1 heterocycles. The monoisotopic (exact) mass is 345 g/mol. The van der Waals surface area contributed by atoms with Crippen molar-refractivity contribution in [3.05, 3.63) is 46.4 Å². The fraction of sp³-hybridized carbons (Fsp3) is 0.353. The first-order chi connectivity index (χ1) is 11.6. The maximum Gasteiger partial charge on any atom is 0.243 e. The minimum absolute atomic E-state index is 0.125. The smallest absolute Gasteiger partial charge is 0.243 e. The molecule has 0 radical (unpaired) electrons. The number of rotatable bonds is 6. The third kappa shape index (κ3) is 5.66. The second-order valence-corrected chi connectivity index (χ2v) is 6.46. The van der Waals surface area contributed by atoms with Gasteiger partial charge in [-0.25, -0.2) is 4.98 Å². The van der Waals surface area contributed by atoms with Crippen molar-refractivity contribution >= 4 is 28.9 Å². The van der Waals surface area contributed by atoms with Gasteiger partial charge in [0.2, 0.25) is 5.91 Å². The van der Waals surface area contributed by atoms with E-state index in [2.05, 4.69) is 45.2 Å². The van der Waals surface area contributed by atoms with E-state index >= 15 is 0 Å². The Balaban J connectivity index is 1.76. The van der Waals surface area contributed by atoms with E-state index < -0.39 is 0 Å². The van der Waals surface area contributed by atoms with Gasteiger partial charge in [0.15, 0.2) is 5.96 Å². The highest BCUT2D eigenvalue weighted by atomic mass is 32.1. The molecule has 2 rings (SSSR count). The van der Waals surface area contributed by atoms with Crippen molar-refractivity contribution in [2.45, 2.75) is 26.3 Å². The van der Waals surface area contributed by atoms with Gasteiger partial charge in [0.1, 0.15) is 5.01 Å². The van der Waals surface area contributed by atoms with Crippen LogP contribution in [-0.2, 0) is 11.3 Å². The second-order valence-electron chi connectivity index (χ2n) is 5.51. The number of aliphatic imine (C=N–C) groups is 1. The Bertz CT molecular complexity index is 681. The number of carbonyl (C=O) groups excluding carboxylic acids is 1. The first kappa shape index (κ1) is 17.9. The molecule has 0 fully saturated rings. The summed E-state index contributed by atoms with van der Waals surface area (Å²) in [6, 6.07) is 9.36. The number of amides is 1. The summed E-state index contributed by atoms with van der Waals surface area (Å²) in [4.78, 5) is 20.6. The molecule has 0 atom stereocenters. The van der Waals surface area contributed by atoms with Gasteiger partial charge in [-0.3, -0.25) is 9.79 Å². The number of para-hydroxylation sites is 1. The van der Waals surface area contributed by atoms with E-state index in [9.17, 15) is 4.79 Å². The summed E-state index contributed by atoms with van der Waals surface area (Å²) < 4.78 is 0. The molecule has 2 aromatic rings. The molecular weight excluding hydrogens is 322 g/mol. The van der Waals surface area contributed by atoms with E-state index in [1.54, 1.807) is 18.4 Å². The van der Waals surface area contributed by atoms with Crippen molar-refractivity contribution < 1.29 is 4.79 Å². The van der Waals surface area contributed by atoms with Gasteiger partial charge >= 0.3 is 0 Å². The lowest BCUT2D eigenvalue weighted by atomic mass is 10.2. The summed E-state index contributed by atoms with van der Waals surface area (Å²) in [7, 11) is 1.67. The maximum atomic E-state index is 11.9. The third-order valence-electron chi connectivity index (χ3n) is 3.27. The van der Waals surface area contributed by atoms with Crippen LogP contribution >= 0.6 is 11.3 Å². The zero-order valence-corrected chi connectivity index (χ0v) is 15.0. The first-order valence-corrected chi connectivity index (χ1v) is 8.70. The van der Waals surface area contributed by atoms with Crippen molar-refractivity contribution in [2.75, 3.05) is 18.9 Å². The molecule has 0 aliphatic carbocycles. The van der Waals surface area contributed by atoms with Crippen LogP contribution < -0.4 is 16.0 Å². The van der Waals surface area contributed by atoms with Crippen molar-refractivity contribution in [3.8, 4) is 0 Å². The lowest BCUT2D eigenvalue weighted by molar-refractivity contribution is -0.115. The first-order valence-electron chi connectivity index (χ1n) is 7.82. The fourth-order valence-corrected chi connectivity index (χ4v) is 2.84. The zero-order chi connectivity index (χ0) is 17.4. The Morgan fingerprint density at radius 3 is 2.62 bits per heavy atom. The summed E-state index contributed by atoms with van der Waals surface area (Å²) in [5, 5.41) is 12.0. The molecule has 0 saturated carbocycles. The Morgan fingerprint density at radius 1 is 1.25 bits per heavy atom. The summed E-state index contributed by atoms with van der Waals surface area (Å²) >= 11 is 1.62. The van der Waals surface area contributed by atoms with E-state index in [1.165, 1.54) is 0 Å². The van der Waals surface area contributed by atoms with Crippen LogP contribution in [0.5, 0.6) is 0 Å². The molecule has 0 bridgehead atoms. The number of anilines is 1. The molecular formula is C17H23N5OS. The van der Waals surface area contributed by atoms with Crippen molar-refractivity contribution in [2.24, 2.45) is 4.99 Å². The van der Waals surface area contributed by atoms with Crippen LogP contribution in [0.2, 0.25) is 0 Å². The minimum atomic E-state index is -0.125. The summed E-state index contributed by atoms with van der Waals surface area (Å²) in [6.45, 7) is 4.97. The fourth-order valence-electron chi connectivity index (χ4n) is 1.94. The zero-order valence-electron chi connectivity index (χ0n) is 14.2. The highest BCUT2D eigenvalue weighted by Crippen LogP contribution is 2.17. The van der Waals surface area contributed by atoms with Gasteiger partial charge in [0.05, 0.1) is 18.8 Å². The molecule has 128 valence electrons. The molecule has 0 unspecified atom stereocenters. The quantitative estimate of drug-likeness (QED) is 0.555. The molecule has 1 aromatic heterocycles. The number of guanidine groups is 1. The van der Waals surface area contributed by atoms with Gasteiger partial charge in [-0.2, -0.15) is 0 Å². The summed E-state index contributed by atoms with van der Waals surface area (Å²) in [6.07, 6.45) is 0. The number of thiazole rings is 1. The molecule has 1 amide bonds. The lowest BCUT2D eigenvalue weighted by Crippen LogP contribution is -2.41. The number of nitrogens with zero attached hydrogens (tertiary/aromatic N) is 2. The minimum Gasteiger partial charge on any atom is -0.350 e. The van der Waals surface area contributed by atoms with E-state index in [0.29, 0.717) is 18.4 Å². The number of carbonyl (C=O) groups is 1. The molecule has 3 N–H and O–H groups in total. The van der Waals surface area contributed by atoms with Crippen molar-refractivity contribution in [1.29, 1.82) is 0 Å². The van der Waals surface area contributed by atoms with Gasteiger partial charge in [-0.15, -0.1) is 11.3 Å². The van der Waals surface area contributed by atoms with Crippen LogP contribution in [-0.4, -0.2) is 30.4 Å². The lowest BCUT2D eigenvalue weighted by Gasteiger charge is -2.11. The van der Waals surface area contributed by atoms with E-state index in [0.717, 1.165) is 16.4 Å². The van der Waals surface area contributed by atoms with Gasteiger partial charge in [0.25, 0.3) is 0 Å². The average Bonchev–Trinajstić information content (AvgIpc) is 3.05. The molecule has 7 heteroatoms. The largest absolute Gasteiger partial charge is 0.350 e. The van der Waals surface area contributed by atoms with Crippen molar-refractivity contribution in [3.63, 3.8) is 0 Å². The molecule has 0 spiro atoms. The molecule has 0 saturated heterocycles. The van der Waals surface area contributed by atoms with Crippen molar-refractivity contribution in [1.82, 2.24) is 15.6 Å². The molecule has 0 aliphatic rings. The Labute approximate surface area is 146 Å². The van der Waals surface area contributed by atoms with Crippen LogP contribution in [0.4, 0.5) is 5.69 Å². The predicted octanol–water partition coefficient (Wildman–Crippen LogP) is 2.57. The van der Waals surface area contributed by atoms with Crippen LogP contribution in [0.1, 0.15) is 30.5 Å². The topological polar surface area (TPSA) is 78.4 Å². The van der Waals surface area contributed by atoms with Gasteiger partial charge < -0.3 is 16.0 Å². The average molecular weight is 345 g/mol. The Morgan fingerprint density at radius 2 is 2.00 bits per heavy atom. The third-order valence-corrected chi connectivity index (χ3v) is 4.13.